The molecule has 0 aromatic heterocycles. The van der Waals surface area contributed by atoms with E-state index < -0.39 is 29.3 Å². The number of carbonyl (C=O) groups excluding carboxylic acids is 5. The van der Waals surface area contributed by atoms with Gasteiger partial charge in [-0.1, -0.05) is 46.2 Å². The van der Waals surface area contributed by atoms with Crippen LogP contribution >= 0.6 is 0 Å². The molecule has 3 unspecified atom stereocenters. The van der Waals surface area contributed by atoms with Crippen molar-refractivity contribution in [2.75, 3.05) is 53.0 Å². The van der Waals surface area contributed by atoms with Gasteiger partial charge in [0.05, 0.1) is 32.3 Å². The van der Waals surface area contributed by atoms with Gasteiger partial charge in [0.25, 0.3) is 0 Å². The molecule has 3 N–H and O–H groups in total. The maximum absolute atomic E-state index is 12.6. The Labute approximate surface area is 301 Å². The monoisotopic (exact) mass is 713 g/mol. The van der Waals surface area contributed by atoms with Crippen LogP contribution in [-0.4, -0.2) is 110 Å². The number of carboxylic acid groups (broad SMARTS) is 1. The number of likely N-dealkylation sites (tertiary alicyclic amines) is 1. The molecular weight excluding hydrogens is 646 g/mol. The highest BCUT2D eigenvalue weighted by Gasteiger charge is 2.36. The highest BCUT2D eigenvalue weighted by molar-refractivity contribution is 5.92. The van der Waals surface area contributed by atoms with Crippen molar-refractivity contribution < 1.29 is 49.8 Å². The first-order valence-electron chi connectivity index (χ1n) is 19.3. The molecule has 0 aromatic rings. The van der Waals surface area contributed by atoms with E-state index in [0.29, 0.717) is 63.1 Å². The quantitative estimate of drug-likeness (QED) is 0.0907. The zero-order valence-corrected chi connectivity index (χ0v) is 30.8. The lowest BCUT2D eigenvalue weighted by Gasteiger charge is -2.39. The van der Waals surface area contributed by atoms with E-state index in [-0.39, 0.29) is 51.0 Å². The summed E-state index contributed by atoms with van der Waals surface area (Å²) in [5, 5.41) is 15.2. The van der Waals surface area contributed by atoms with Crippen LogP contribution in [0.25, 0.3) is 0 Å². The van der Waals surface area contributed by atoms with Gasteiger partial charge >= 0.3 is 23.9 Å². The number of nitrogens with one attached hydrogen (secondary N) is 1. The van der Waals surface area contributed by atoms with Crippen molar-refractivity contribution in [1.29, 1.82) is 1.43 Å². The number of hydrogen-bond donors (Lipinski definition) is 3. The molecule has 13 heteroatoms. The molecule has 0 aromatic carbocycles. The van der Waals surface area contributed by atoms with E-state index in [9.17, 15) is 28.8 Å². The highest BCUT2D eigenvalue weighted by atomic mass is 16.6. The minimum atomic E-state index is -1.04. The Hall–Kier alpha value is -3.32. The number of cyclic esters (lactones) is 2. The minimum absolute atomic E-state index is 0.0986. The Morgan fingerprint density at radius 2 is 1.64 bits per heavy atom. The van der Waals surface area contributed by atoms with E-state index in [4.69, 9.17) is 12.6 Å². The van der Waals surface area contributed by atoms with Crippen molar-refractivity contribution >= 4 is 35.7 Å². The van der Waals surface area contributed by atoms with E-state index >= 15 is 0 Å². The fourth-order valence-electron chi connectivity index (χ4n) is 6.40. The number of ether oxygens (including phenoxy) is 2. The molecule has 4 rings (SSSR count). The maximum atomic E-state index is 12.6. The number of nitrogens with zero attached hydrogens (tertiary/aromatic N) is 2. The van der Waals surface area contributed by atoms with Crippen LogP contribution in [0, 0.1) is 23.2 Å². The van der Waals surface area contributed by atoms with Gasteiger partial charge < -0.3 is 34.8 Å². The second kappa shape index (κ2) is 24.8. The Morgan fingerprint density at radius 3 is 2.10 bits per heavy atom. The Kier molecular flexibility index (Phi) is 20.4. The van der Waals surface area contributed by atoms with Gasteiger partial charge in [-0.05, 0) is 75.9 Å². The molecule has 2 amide bonds. The number of aliphatic hydroxyl groups is 1. The summed E-state index contributed by atoms with van der Waals surface area (Å²) in [6.07, 6.45) is 11.9. The minimum Gasteiger partial charge on any atom is -0.481 e. The number of carboxylic acids is 1. The number of aliphatic hydroxyl groups excluding tert-OH is 1. The second-order valence-electron chi connectivity index (χ2n) is 13.3. The van der Waals surface area contributed by atoms with E-state index in [1.165, 1.54) is 33.2 Å². The summed E-state index contributed by atoms with van der Waals surface area (Å²) in [6, 6.07) is 0. The van der Waals surface area contributed by atoms with Crippen molar-refractivity contribution in [1.82, 2.24) is 15.1 Å². The van der Waals surface area contributed by atoms with Gasteiger partial charge in [-0.3, -0.25) is 28.8 Å². The van der Waals surface area contributed by atoms with E-state index in [0.717, 1.165) is 25.7 Å². The second-order valence-corrected chi connectivity index (χ2v) is 13.3. The van der Waals surface area contributed by atoms with E-state index in [1.54, 1.807) is 0 Å². The third kappa shape index (κ3) is 18.1. The molecule has 50 heavy (non-hydrogen) atoms. The molecular formula is C37H63N3O10. The molecule has 3 atom stereocenters. The normalized spacial score (nSPS) is 21.7. The fourth-order valence-corrected chi connectivity index (χ4v) is 6.40. The van der Waals surface area contributed by atoms with Crippen molar-refractivity contribution in [2.45, 2.75) is 111 Å². The number of piperidine rings is 1. The largest absolute Gasteiger partial charge is 0.481 e. The number of rotatable bonds is 16. The van der Waals surface area contributed by atoms with E-state index in [1.807, 2.05) is 4.90 Å². The standard InChI is InChI=1S/C26H40N2O6.C6H15N.C4H4O3.CH4O/c1-26(18-34-25(33)9-8-24(31)32)10-13-28(14-11-26)23(30)5-3-2-4-12-27-22(29)17-21-16-19-6-7-20(21)15-19;1-4-7(5-2)6-3;5-3-1-2-4(6)7-3;1-2/h6-7,19-21H,2-5,8-18H2,1H3,(H,27,29)(H,31,32);4-6H2,1-3H3;1-2H2;2H,1H3/i1T;;;2T. The molecule has 0 radical (unpaired) electrons. The van der Waals surface area contributed by atoms with Crippen LogP contribution in [0.15, 0.2) is 12.2 Å². The van der Waals surface area contributed by atoms with Gasteiger partial charge in [-0.15, -0.1) is 0 Å². The summed E-state index contributed by atoms with van der Waals surface area (Å²) in [5.74, 6) is -0.362. The molecule has 1 saturated carbocycles. The topological polar surface area (TPSA) is 180 Å². The van der Waals surface area contributed by atoms with Gasteiger partial charge in [0.1, 0.15) is 0 Å². The Bertz CT molecular complexity index is 1120. The number of amides is 2. The lowest BCUT2D eigenvalue weighted by atomic mass is 9.81. The first-order chi connectivity index (χ1) is 24.8. The lowest BCUT2D eigenvalue weighted by Crippen LogP contribution is -2.44. The molecule has 2 bridgehead atoms. The summed E-state index contributed by atoms with van der Waals surface area (Å²) in [4.78, 5) is 71.3. The van der Waals surface area contributed by atoms with Crippen LogP contribution in [-0.2, 0) is 38.2 Å². The number of hydrogen-bond acceptors (Lipinski definition) is 10. The van der Waals surface area contributed by atoms with Crippen LogP contribution in [0.3, 0.4) is 0 Å². The van der Waals surface area contributed by atoms with Crippen molar-refractivity contribution in [3.63, 3.8) is 0 Å². The van der Waals surface area contributed by atoms with Gasteiger partial charge in [0.15, 0.2) is 0 Å². The number of fused-ring (bicyclic) bond motifs is 2. The van der Waals surface area contributed by atoms with Crippen molar-refractivity contribution in [2.24, 2.45) is 23.2 Å². The predicted molar refractivity (Wildman–Crippen MR) is 189 cm³/mol. The maximum Gasteiger partial charge on any atom is 0.314 e. The number of carbonyl (C=O) groups is 6. The van der Waals surface area contributed by atoms with Gasteiger partial charge in [0, 0.05) is 46.4 Å². The molecule has 286 valence electrons. The van der Waals surface area contributed by atoms with Gasteiger partial charge in [-0.2, -0.15) is 0 Å². The molecule has 13 nitrogen and oxygen atoms in total. The summed E-state index contributed by atoms with van der Waals surface area (Å²) in [5.41, 5.74) is -0.470. The molecule has 2 aliphatic heterocycles. The number of allylic oxidation sites excluding steroid dienone is 2. The zero-order chi connectivity index (χ0) is 38.9. The molecule has 2 aliphatic carbocycles. The number of esters is 3. The molecule has 2 heterocycles. The molecule has 3 fully saturated rings. The summed E-state index contributed by atoms with van der Waals surface area (Å²) >= 11 is 0. The zero-order valence-electron chi connectivity index (χ0n) is 32.8. The molecule has 4 aliphatic rings. The molecule has 0 spiro atoms. The van der Waals surface area contributed by atoms with Crippen LogP contribution in [0.2, 0.25) is 0 Å². The van der Waals surface area contributed by atoms with Crippen LogP contribution in [0.4, 0.5) is 0 Å². The van der Waals surface area contributed by atoms with Crippen LogP contribution in [0.1, 0.15) is 113 Å². The summed E-state index contributed by atoms with van der Waals surface area (Å²) in [7, 11) is 1.29. The van der Waals surface area contributed by atoms with Crippen molar-refractivity contribution in [3.05, 3.63) is 12.2 Å². The highest BCUT2D eigenvalue weighted by Crippen LogP contribution is 2.44. The predicted octanol–water partition coefficient (Wildman–Crippen LogP) is 4.11. The average molecular weight is 714 g/mol. The first-order valence-corrected chi connectivity index (χ1v) is 18.2. The average Bonchev–Trinajstić information content (AvgIpc) is 3.87. The third-order valence-corrected chi connectivity index (χ3v) is 9.62. The first kappa shape index (κ1) is 41.1. The third-order valence-electron chi connectivity index (χ3n) is 9.62. The number of aliphatic carboxylic acids is 1. The van der Waals surface area contributed by atoms with E-state index in [2.05, 4.69) is 53.0 Å². The van der Waals surface area contributed by atoms with Gasteiger partial charge in [0.2, 0.25) is 13.2 Å². The Morgan fingerprint density at radius 1 is 1.00 bits per heavy atom. The fraction of sp³-hybridized carbons (Fsp3) is 0.784. The summed E-state index contributed by atoms with van der Waals surface area (Å²) < 4.78 is 22.9. The van der Waals surface area contributed by atoms with Crippen LogP contribution in [0.5, 0.6) is 0 Å². The lowest BCUT2D eigenvalue weighted by molar-refractivity contribution is -0.152. The number of unbranched alkanes of at least 4 members (excludes halogenated alkanes) is 2. The Balaban J connectivity index is 0.000000652. The summed E-state index contributed by atoms with van der Waals surface area (Å²) in [6.45, 7) is 12.1. The molecule has 2 saturated heterocycles. The van der Waals surface area contributed by atoms with Crippen LogP contribution < -0.4 is 5.32 Å². The smallest absolute Gasteiger partial charge is 0.314 e. The van der Waals surface area contributed by atoms with Crippen molar-refractivity contribution in [3.8, 4) is 0 Å². The van der Waals surface area contributed by atoms with Gasteiger partial charge in [-0.25, -0.2) is 0 Å². The SMILES string of the molecule is CCN(CC)CC.O=C1CCC(=O)O1.[3H]CC1(COC(=O)CCC(=O)O)CCN(C(=O)CCCCCNC(=O)CC2CC3C=CC2C3)CC1.[3H]OC.